The van der Waals surface area contributed by atoms with Crippen molar-refractivity contribution < 1.29 is 9.66 Å². The van der Waals surface area contributed by atoms with E-state index in [1.54, 1.807) is 0 Å². The zero-order chi connectivity index (χ0) is 15.1. The summed E-state index contributed by atoms with van der Waals surface area (Å²) in [6, 6.07) is 3.34. The lowest BCUT2D eigenvalue weighted by Gasteiger charge is -2.50. The molecule has 0 aliphatic heterocycles. The van der Waals surface area contributed by atoms with Gasteiger partial charge in [-0.1, -0.05) is 45.7 Å². The van der Waals surface area contributed by atoms with Crippen molar-refractivity contribution >= 4 is 37.5 Å². The van der Waals surface area contributed by atoms with Crippen molar-refractivity contribution in [2.24, 2.45) is 5.41 Å². The Balaban J connectivity index is 2.33. The average Bonchev–Trinajstić information content (AvgIpc) is 2.38. The number of hydrogen-bond donors (Lipinski definition) is 0. The lowest BCUT2D eigenvalue weighted by molar-refractivity contribution is -0.386. The van der Waals surface area contributed by atoms with Crippen molar-refractivity contribution in [3.05, 3.63) is 32.3 Å². The molecule has 0 saturated heterocycles. The van der Waals surface area contributed by atoms with Crippen molar-refractivity contribution in [1.29, 1.82) is 0 Å². The fraction of sp³-hybridized carbons (Fsp3) is 0.571. The van der Waals surface area contributed by atoms with Crippen LogP contribution < -0.4 is 4.74 Å². The standard InChI is InChI=1S/C14H17Br2NO3/c1-4-14(3)11(16)7-12(14)20-13-8(2)5-9(15)6-10(13)17(18)19/h5-6,11-12H,4,7H2,1-3H3. The molecular weight excluding hydrogens is 390 g/mol. The molecule has 4 nitrogen and oxygen atoms in total. The number of nitro benzene ring substituents is 1. The molecule has 0 radical (unpaired) electrons. The highest BCUT2D eigenvalue weighted by molar-refractivity contribution is 9.10. The van der Waals surface area contributed by atoms with E-state index < -0.39 is 0 Å². The molecule has 0 amide bonds. The number of hydrogen-bond acceptors (Lipinski definition) is 3. The molecule has 1 aromatic rings. The van der Waals surface area contributed by atoms with E-state index in [1.807, 2.05) is 13.0 Å². The van der Waals surface area contributed by atoms with Crippen LogP contribution in [0.4, 0.5) is 5.69 Å². The molecule has 20 heavy (non-hydrogen) atoms. The molecule has 1 aliphatic rings. The highest BCUT2D eigenvalue weighted by atomic mass is 79.9. The van der Waals surface area contributed by atoms with Gasteiger partial charge < -0.3 is 4.74 Å². The van der Waals surface area contributed by atoms with E-state index in [1.165, 1.54) is 6.07 Å². The first kappa shape index (κ1) is 15.8. The van der Waals surface area contributed by atoms with Crippen LogP contribution in [0.3, 0.4) is 0 Å². The van der Waals surface area contributed by atoms with Crippen molar-refractivity contribution in [2.75, 3.05) is 0 Å². The molecule has 1 fully saturated rings. The van der Waals surface area contributed by atoms with Gasteiger partial charge in [-0.15, -0.1) is 0 Å². The Morgan fingerprint density at radius 1 is 1.55 bits per heavy atom. The molecule has 110 valence electrons. The maximum absolute atomic E-state index is 11.2. The van der Waals surface area contributed by atoms with Crippen LogP contribution in [0.15, 0.2) is 16.6 Å². The van der Waals surface area contributed by atoms with Gasteiger partial charge in [0.1, 0.15) is 6.10 Å². The Morgan fingerprint density at radius 3 is 2.70 bits per heavy atom. The fourth-order valence-corrected chi connectivity index (χ4v) is 4.06. The van der Waals surface area contributed by atoms with Crippen LogP contribution in [0, 0.1) is 22.5 Å². The molecule has 0 bridgehead atoms. The zero-order valence-electron chi connectivity index (χ0n) is 11.7. The van der Waals surface area contributed by atoms with E-state index >= 15 is 0 Å². The quantitative estimate of drug-likeness (QED) is 0.401. The highest BCUT2D eigenvalue weighted by Gasteiger charge is 2.51. The molecule has 1 aromatic carbocycles. The second kappa shape index (κ2) is 5.64. The Kier molecular flexibility index (Phi) is 4.44. The number of aryl methyl sites for hydroxylation is 1. The van der Waals surface area contributed by atoms with Gasteiger partial charge in [-0.05, 0) is 31.4 Å². The predicted octanol–water partition coefficient (Wildman–Crippen LogP) is 5.00. The Morgan fingerprint density at radius 2 is 2.20 bits per heavy atom. The zero-order valence-corrected chi connectivity index (χ0v) is 14.8. The maximum Gasteiger partial charge on any atom is 0.312 e. The van der Waals surface area contributed by atoms with Crippen LogP contribution in [0.5, 0.6) is 5.75 Å². The molecule has 1 saturated carbocycles. The molecule has 0 N–H and O–H groups in total. The van der Waals surface area contributed by atoms with Crippen LogP contribution in [0.1, 0.15) is 32.3 Å². The number of benzene rings is 1. The number of halogens is 2. The third-order valence-corrected chi connectivity index (χ3v) is 6.19. The van der Waals surface area contributed by atoms with E-state index in [0.717, 1.165) is 18.4 Å². The van der Waals surface area contributed by atoms with E-state index in [4.69, 9.17) is 4.74 Å². The van der Waals surface area contributed by atoms with Gasteiger partial charge in [0, 0.05) is 20.8 Å². The summed E-state index contributed by atoms with van der Waals surface area (Å²) in [4.78, 5) is 11.2. The van der Waals surface area contributed by atoms with Gasteiger partial charge in [0.05, 0.1) is 4.92 Å². The number of nitro groups is 1. The summed E-state index contributed by atoms with van der Waals surface area (Å²) in [5.74, 6) is 0.391. The van der Waals surface area contributed by atoms with Crippen LogP contribution in [-0.2, 0) is 0 Å². The predicted molar refractivity (Wildman–Crippen MR) is 85.7 cm³/mol. The Labute approximate surface area is 135 Å². The topological polar surface area (TPSA) is 52.4 Å². The van der Waals surface area contributed by atoms with Gasteiger partial charge in [0.2, 0.25) is 0 Å². The number of nitrogens with zero attached hydrogens (tertiary/aromatic N) is 1. The van der Waals surface area contributed by atoms with E-state index in [9.17, 15) is 10.1 Å². The van der Waals surface area contributed by atoms with Crippen molar-refractivity contribution in [3.63, 3.8) is 0 Å². The van der Waals surface area contributed by atoms with Crippen LogP contribution in [0.2, 0.25) is 0 Å². The molecule has 3 atom stereocenters. The van der Waals surface area contributed by atoms with Crippen LogP contribution >= 0.6 is 31.9 Å². The normalized spacial score (nSPS) is 28.9. The first-order valence-corrected chi connectivity index (χ1v) is 8.25. The van der Waals surface area contributed by atoms with Gasteiger partial charge in [-0.2, -0.15) is 0 Å². The summed E-state index contributed by atoms with van der Waals surface area (Å²) in [7, 11) is 0. The summed E-state index contributed by atoms with van der Waals surface area (Å²) in [6.45, 7) is 6.11. The summed E-state index contributed by atoms with van der Waals surface area (Å²) < 4.78 is 6.71. The second-order valence-corrected chi connectivity index (χ2v) is 7.52. The van der Waals surface area contributed by atoms with Crippen molar-refractivity contribution in [3.8, 4) is 5.75 Å². The fourth-order valence-electron chi connectivity index (χ4n) is 2.54. The third-order valence-electron chi connectivity index (χ3n) is 4.31. The largest absolute Gasteiger partial charge is 0.483 e. The minimum Gasteiger partial charge on any atom is -0.483 e. The second-order valence-electron chi connectivity index (χ2n) is 5.50. The molecule has 0 heterocycles. The monoisotopic (exact) mass is 405 g/mol. The van der Waals surface area contributed by atoms with Crippen molar-refractivity contribution in [2.45, 2.75) is 44.5 Å². The molecule has 2 rings (SSSR count). The molecule has 0 spiro atoms. The van der Waals surface area contributed by atoms with E-state index in [0.29, 0.717) is 15.0 Å². The van der Waals surface area contributed by atoms with Crippen LogP contribution in [-0.4, -0.2) is 15.9 Å². The van der Waals surface area contributed by atoms with Crippen molar-refractivity contribution in [1.82, 2.24) is 0 Å². The van der Waals surface area contributed by atoms with Crippen LogP contribution in [0.25, 0.3) is 0 Å². The highest BCUT2D eigenvalue weighted by Crippen LogP contribution is 2.51. The minimum absolute atomic E-state index is 0.00968. The number of rotatable bonds is 4. The molecule has 3 unspecified atom stereocenters. The summed E-state index contributed by atoms with van der Waals surface area (Å²) >= 11 is 6.94. The average molecular weight is 407 g/mol. The van der Waals surface area contributed by atoms with Gasteiger partial charge in [0.25, 0.3) is 0 Å². The lowest BCUT2D eigenvalue weighted by atomic mass is 9.65. The Bertz CT molecular complexity index is 549. The summed E-state index contributed by atoms with van der Waals surface area (Å²) in [5, 5.41) is 11.2. The number of ether oxygens (including phenoxy) is 1. The van der Waals surface area contributed by atoms with E-state index in [-0.39, 0.29) is 22.1 Å². The maximum atomic E-state index is 11.2. The van der Waals surface area contributed by atoms with E-state index in [2.05, 4.69) is 45.7 Å². The smallest absolute Gasteiger partial charge is 0.312 e. The number of alkyl halides is 1. The molecule has 0 aromatic heterocycles. The Hall–Kier alpha value is -0.620. The van der Waals surface area contributed by atoms with Gasteiger partial charge in [-0.3, -0.25) is 10.1 Å². The summed E-state index contributed by atoms with van der Waals surface area (Å²) in [6.07, 6.45) is 1.85. The SMILES string of the molecule is CCC1(C)C(Br)CC1Oc1c(C)cc(Br)cc1[N+](=O)[O-]. The van der Waals surface area contributed by atoms with Gasteiger partial charge in [0.15, 0.2) is 5.75 Å². The molecule has 1 aliphatic carbocycles. The molecule has 6 heteroatoms. The van der Waals surface area contributed by atoms with Gasteiger partial charge >= 0.3 is 5.69 Å². The molecular formula is C14H17Br2NO3. The summed E-state index contributed by atoms with van der Waals surface area (Å²) in [5.41, 5.74) is 0.823. The van der Waals surface area contributed by atoms with Gasteiger partial charge in [-0.25, -0.2) is 0 Å². The first-order chi connectivity index (χ1) is 9.29. The first-order valence-electron chi connectivity index (χ1n) is 6.54. The third kappa shape index (κ3) is 2.60. The lowest BCUT2D eigenvalue weighted by Crippen LogP contribution is -2.54. The minimum atomic E-state index is -0.388.